The molecule has 0 saturated carbocycles. The number of nitrogens with zero attached hydrogens (tertiary/aromatic N) is 1. The van der Waals surface area contributed by atoms with E-state index in [2.05, 4.69) is 4.90 Å². The summed E-state index contributed by atoms with van der Waals surface area (Å²) in [4.78, 5) is 2.36. The van der Waals surface area contributed by atoms with Gasteiger partial charge in [-0.05, 0) is 38.1 Å². The highest BCUT2D eigenvalue weighted by Gasteiger charge is 2.16. The maximum absolute atomic E-state index is 6.26. The number of hydrogen-bond acceptors (Lipinski definition) is 3. The van der Waals surface area contributed by atoms with Gasteiger partial charge in [0, 0.05) is 6.54 Å². The molecule has 0 amide bonds. The van der Waals surface area contributed by atoms with E-state index in [9.17, 15) is 0 Å². The Bertz CT molecular complexity index is 370. The van der Waals surface area contributed by atoms with E-state index in [0.29, 0.717) is 5.75 Å². The van der Waals surface area contributed by atoms with E-state index in [4.69, 9.17) is 21.1 Å². The van der Waals surface area contributed by atoms with E-state index in [1.54, 1.807) is 7.11 Å². The zero-order valence-corrected chi connectivity index (χ0v) is 12.7. The molecule has 0 radical (unpaired) electrons. The minimum atomic E-state index is -0.334. The Hall–Kier alpha value is -0.640. The molecule has 1 heterocycles. The topological polar surface area (TPSA) is 21.7 Å². The Labute approximate surface area is 126 Å². The molecule has 5 heteroatoms. The Balaban J connectivity index is 0.00000180. The second-order valence-corrected chi connectivity index (χ2v) is 5.03. The molecule has 0 N–H and O–H groups in total. The van der Waals surface area contributed by atoms with Crippen LogP contribution in [0.2, 0.25) is 0 Å². The number of piperidine rings is 1. The predicted molar refractivity (Wildman–Crippen MR) is 73.6 cm³/mol. The summed E-state index contributed by atoms with van der Waals surface area (Å²) in [5, 5.41) is 0. The molecule has 1 unspecified atom stereocenters. The zero-order valence-electron chi connectivity index (χ0n) is 11.1. The maximum Gasteiger partial charge on any atom is 0.184 e. The summed E-state index contributed by atoms with van der Waals surface area (Å²) in [6.07, 6.45) is 3.85. The number of para-hydroxylation sites is 2. The van der Waals surface area contributed by atoms with E-state index < -0.39 is 0 Å². The van der Waals surface area contributed by atoms with Gasteiger partial charge in [0.25, 0.3) is 0 Å². The number of likely N-dealkylation sites (tertiary alicyclic amines) is 1. The van der Waals surface area contributed by atoms with Crippen molar-refractivity contribution in [2.45, 2.75) is 24.8 Å². The predicted octanol–water partition coefficient (Wildman–Crippen LogP) is 0.129. The van der Waals surface area contributed by atoms with Gasteiger partial charge in [-0.2, -0.15) is 0 Å². The van der Waals surface area contributed by atoms with Crippen LogP contribution in [-0.4, -0.2) is 37.2 Å². The highest BCUT2D eigenvalue weighted by molar-refractivity contribution is 6.20. The third-order valence-electron chi connectivity index (χ3n) is 3.17. The molecule has 1 aromatic carbocycles. The fraction of sp³-hybridized carbons (Fsp3) is 0.571. The number of benzene rings is 1. The molecule has 0 spiro atoms. The lowest BCUT2D eigenvalue weighted by Gasteiger charge is -2.28. The van der Waals surface area contributed by atoms with Crippen molar-refractivity contribution in [3.8, 4) is 11.5 Å². The molecule has 1 atom stereocenters. The highest BCUT2D eigenvalue weighted by Crippen LogP contribution is 2.27. The summed E-state index contributed by atoms with van der Waals surface area (Å²) in [5.41, 5.74) is -0.334. The summed E-state index contributed by atoms with van der Waals surface area (Å²) in [7, 11) is 1.63. The molecular formula is C14H20Cl2NO2-. The molecule has 1 aliphatic rings. The number of halogens is 2. The van der Waals surface area contributed by atoms with Crippen molar-refractivity contribution in [3.63, 3.8) is 0 Å². The van der Waals surface area contributed by atoms with E-state index in [-0.39, 0.29) is 18.0 Å². The van der Waals surface area contributed by atoms with Gasteiger partial charge < -0.3 is 21.9 Å². The van der Waals surface area contributed by atoms with Crippen LogP contribution in [0.1, 0.15) is 19.3 Å². The Morgan fingerprint density at radius 3 is 2.42 bits per heavy atom. The van der Waals surface area contributed by atoms with Crippen LogP contribution < -0.4 is 21.9 Å². The van der Waals surface area contributed by atoms with Crippen molar-refractivity contribution in [3.05, 3.63) is 24.3 Å². The minimum Gasteiger partial charge on any atom is -1.00 e. The average Bonchev–Trinajstić information content (AvgIpc) is 2.40. The zero-order chi connectivity index (χ0) is 12.8. The molecule has 1 fully saturated rings. The first-order valence-corrected chi connectivity index (χ1v) is 6.89. The standard InChI is InChI=1S/C14H20ClNO2.ClH/c1-17-12-7-3-4-8-13(12)18-14(15)11-16-9-5-2-6-10-16;/h3-4,7-8,14H,2,5-6,9-11H2,1H3;1H/p-1. The molecule has 0 aliphatic carbocycles. The van der Waals surface area contributed by atoms with Gasteiger partial charge in [-0.3, -0.25) is 4.90 Å². The molecule has 1 aromatic rings. The van der Waals surface area contributed by atoms with Gasteiger partial charge in [0.05, 0.1) is 7.11 Å². The van der Waals surface area contributed by atoms with Gasteiger partial charge in [-0.25, -0.2) is 0 Å². The van der Waals surface area contributed by atoms with Crippen LogP contribution in [0.4, 0.5) is 0 Å². The van der Waals surface area contributed by atoms with Crippen molar-refractivity contribution in [1.82, 2.24) is 4.90 Å². The van der Waals surface area contributed by atoms with Crippen molar-refractivity contribution in [2.24, 2.45) is 0 Å². The molecule has 0 aromatic heterocycles. The Kier molecular flexibility index (Phi) is 7.36. The lowest BCUT2D eigenvalue weighted by Crippen LogP contribution is -3.00. The summed E-state index contributed by atoms with van der Waals surface area (Å²) >= 11 is 6.26. The lowest BCUT2D eigenvalue weighted by molar-refractivity contribution is -0.00000449. The SMILES string of the molecule is COc1ccccc1OC(Cl)CN1CCCCC1.[Cl-]. The second-order valence-electron chi connectivity index (χ2n) is 4.54. The third-order valence-corrected chi connectivity index (χ3v) is 3.40. The Morgan fingerprint density at radius 1 is 1.16 bits per heavy atom. The van der Waals surface area contributed by atoms with Crippen molar-refractivity contribution < 1.29 is 21.9 Å². The van der Waals surface area contributed by atoms with Crippen LogP contribution in [0.25, 0.3) is 0 Å². The second kappa shape index (κ2) is 8.51. The smallest absolute Gasteiger partial charge is 0.184 e. The molecule has 19 heavy (non-hydrogen) atoms. The number of rotatable bonds is 5. The van der Waals surface area contributed by atoms with Crippen LogP contribution in [0.15, 0.2) is 24.3 Å². The maximum atomic E-state index is 6.26. The van der Waals surface area contributed by atoms with Gasteiger partial charge in [0.2, 0.25) is 0 Å². The first-order chi connectivity index (χ1) is 8.79. The number of alkyl halides is 1. The van der Waals surface area contributed by atoms with Gasteiger partial charge >= 0.3 is 0 Å². The third kappa shape index (κ3) is 5.09. The molecule has 3 nitrogen and oxygen atoms in total. The summed E-state index contributed by atoms with van der Waals surface area (Å²) in [6, 6.07) is 7.59. The molecule has 0 bridgehead atoms. The van der Waals surface area contributed by atoms with Crippen molar-refractivity contribution >= 4 is 11.6 Å². The van der Waals surface area contributed by atoms with E-state index in [1.165, 1.54) is 19.3 Å². The van der Waals surface area contributed by atoms with Crippen LogP contribution >= 0.6 is 11.6 Å². The van der Waals surface area contributed by atoms with E-state index in [0.717, 1.165) is 25.4 Å². The molecule has 108 valence electrons. The van der Waals surface area contributed by atoms with Crippen LogP contribution in [0, 0.1) is 0 Å². The quantitative estimate of drug-likeness (QED) is 0.722. The van der Waals surface area contributed by atoms with E-state index in [1.807, 2.05) is 24.3 Å². The minimum absolute atomic E-state index is 0. The highest BCUT2D eigenvalue weighted by atomic mass is 35.5. The number of methoxy groups -OCH3 is 1. The largest absolute Gasteiger partial charge is 1.00 e. The summed E-state index contributed by atoms with van der Waals surface area (Å²) < 4.78 is 11.0. The van der Waals surface area contributed by atoms with Crippen LogP contribution in [0.3, 0.4) is 0 Å². The van der Waals surface area contributed by atoms with Crippen LogP contribution in [0.5, 0.6) is 11.5 Å². The van der Waals surface area contributed by atoms with Crippen molar-refractivity contribution in [2.75, 3.05) is 26.7 Å². The van der Waals surface area contributed by atoms with Crippen LogP contribution in [-0.2, 0) is 0 Å². The summed E-state index contributed by atoms with van der Waals surface area (Å²) in [5.74, 6) is 1.43. The lowest BCUT2D eigenvalue weighted by atomic mass is 10.1. The first-order valence-electron chi connectivity index (χ1n) is 6.45. The first kappa shape index (κ1) is 16.4. The van der Waals surface area contributed by atoms with Crippen molar-refractivity contribution in [1.29, 1.82) is 0 Å². The monoisotopic (exact) mass is 304 g/mol. The van der Waals surface area contributed by atoms with Gasteiger partial charge in [0.15, 0.2) is 17.1 Å². The molecular weight excluding hydrogens is 285 g/mol. The summed E-state index contributed by atoms with van der Waals surface area (Å²) in [6.45, 7) is 3.01. The molecule has 1 aliphatic heterocycles. The molecule has 2 rings (SSSR count). The van der Waals surface area contributed by atoms with Gasteiger partial charge in [-0.15, -0.1) is 0 Å². The molecule has 1 saturated heterocycles. The normalized spacial score (nSPS) is 17.4. The fourth-order valence-corrected chi connectivity index (χ4v) is 2.53. The fourth-order valence-electron chi connectivity index (χ4n) is 2.24. The average molecular weight is 305 g/mol. The van der Waals surface area contributed by atoms with E-state index >= 15 is 0 Å². The Morgan fingerprint density at radius 2 is 1.79 bits per heavy atom. The van der Waals surface area contributed by atoms with Gasteiger partial charge in [0.1, 0.15) is 0 Å². The number of hydrogen-bond donors (Lipinski definition) is 0. The van der Waals surface area contributed by atoms with Gasteiger partial charge in [-0.1, -0.05) is 30.2 Å². The number of ether oxygens (including phenoxy) is 2.